The van der Waals surface area contributed by atoms with Gasteiger partial charge in [0, 0.05) is 0 Å². The number of hydrogen-bond donors (Lipinski definition) is 0. The molecule has 0 fully saturated rings. The number of rotatable bonds is 0. The summed E-state index contributed by atoms with van der Waals surface area (Å²) in [5.41, 5.74) is 0. The van der Waals surface area contributed by atoms with Crippen LogP contribution in [-0.2, 0) is 33.9 Å². The molecule has 0 amide bonds. The predicted octanol–water partition coefficient (Wildman–Crippen LogP) is -4.64. The molecule has 0 aliphatic heterocycles. The van der Waals surface area contributed by atoms with E-state index in [1.165, 1.54) is 0 Å². The van der Waals surface area contributed by atoms with Crippen molar-refractivity contribution < 1.29 is 50.3 Å². The largest absolute Gasteiger partial charge is 2.00 e. The molecule has 0 unspecified atom stereocenters. The van der Waals surface area contributed by atoms with Gasteiger partial charge in [-0.3, -0.25) is 0 Å². The molecule has 0 saturated heterocycles. The van der Waals surface area contributed by atoms with E-state index in [0.29, 0.717) is 0 Å². The van der Waals surface area contributed by atoms with Gasteiger partial charge in [-0.2, -0.15) is 0 Å². The topological polar surface area (TPSA) is 63.2 Å². The molecule has 0 radical (unpaired) electrons. The summed E-state index contributed by atoms with van der Waals surface area (Å²) in [6.07, 6.45) is 0. The van der Waals surface area contributed by atoms with Gasteiger partial charge in [-0.15, -0.1) is 0 Å². The van der Waals surface area contributed by atoms with E-state index >= 15 is 0 Å². The Hall–Kier alpha value is 1.62. The van der Waals surface area contributed by atoms with E-state index in [9.17, 15) is 0 Å². The minimum atomic E-state index is -4.56. The van der Waals surface area contributed by atoms with Gasteiger partial charge in [0.25, 0.3) is 0 Å². The monoisotopic (exact) mass is 174 g/mol. The molecule has 0 aliphatic carbocycles. The smallest absolute Gasteiger partial charge is 0.829 e. The van der Waals surface area contributed by atoms with Crippen LogP contribution in [0.3, 0.4) is 0 Å². The van der Waals surface area contributed by atoms with Crippen LogP contribution >= 0.6 is 6.80 Å². The third-order valence-corrected chi connectivity index (χ3v) is 0. The maximum Gasteiger partial charge on any atom is 2.00 e. The van der Waals surface area contributed by atoms with Gasteiger partial charge in [0.1, 0.15) is 0 Å². The zero-order chi connectivity index (χ0) is 4.50. The average Bonchev–Trinajstić information content (AvgIpc) is 0.722. The van der Waals surface area contributed by atoms with Crippen molar-refractivity contribution in [1.29, 1.82) is 0 Å². The summed E-state index contributed by atoms with van der Waals surface area (Å²) in [5, 5.41) is 0. The summed E-state index contributed by atoms with van der Waals surface area (Å²) in [7, 11) is 0. The van der Waals surface area contributed by atoms with Crippen molar-refractivity contribution in [3.8, 4) is 0 Å². The van der Waals surface area contributed by atoms with Crippen molar-refractivity contribution in [2.45, 2.75) is 0 Å². The van der Waals surface area contributed by atoms with Crippen molar-refractivity contribution >= 4 is 19.0 Å². The third kappa shape index (κ3) is 91.9. The van der Waals surface area contributed by atoms with Gasteiger partial charge >= 0.3 is 35.9 Å². The molecule has 0 aliphatic rings. The van der Waals surface area contributed by atoms with Gasteiger partial charge < -0.3 is 26.6 Å². The van der Waals surface area contributed by atoms with Gasteiger partial charge in [-0.05, 0) is 0 Å². The van der Waals surface area contributed by atoms with Crippen LogP contribution < -0.4 is 28.6 Å². The molecule has 0 aromatic carbocycles. The quantitative estimate of drug-likeness (QED) is 0.210. The van der Waals surface area contributed by atoms with Crippen LogP contribution in [0.5, 0.6) is 0 Å². The van der Waals surface area contributed by atoms with E-state index in [2.05, 4.69) is 12.2 Å². The van der Waals surface area contributed by atoms with Crippen LogP contribution in [0.1, 0.15) is 0 Å². The standard InChI is InChI=1S/Fe.Li.H3O3PS/c;;1-4(2,3)5/h;;(H3,1,2,3,5)/q+2;+1;/p-3. The molecular weight excluding hydrogens is 174 g/mol. The molecule has 7 heavy (non-hydrogen) atoms. The predicted molar refractivity (Wildman–Crippen MR) is 15.0 cm³/mol. The van der Waals surface area contributed by atoms with Crippen LogP contribution in [-0.4, -0.2) is 0 Å². The molecule has 0 bridgehead atoms. The first kappa shape index (κ1) is 15.8. The summed E-state index contributed by atoms with van der Waals surface area (Å²) in [6, 6.07) is 0. The van der Waals surface area contributed by atoms with Gasteiger partial charge in [-0.25, -0.2) is 6.80 Å². The molecule has 0 aromatic rings. The van der Waals surface area contributed by atoms with E-state index in [-0.39, 0.29) is 35.9 Å². The maximum atomic E-state index is 8.92. The molecule has 7 heteroatoms. The van der Waals surface area contributed by atoms with Crippen molar-refractivity contribution in [2.75, 3.05) is 0 Å². The zero-order valence-corrected chi connectivity index (χ0v) is 6.25. The molecule has 0 N–H and O–H groups in total. The Morgan fingerprint density at radius 1 is 1.43 bits per heavy atom. The summed E-state index contributed by atoms with van der Waals surface area (Å²) in [4.78, 5) is 17.8. The second-order valence-corrected chi connectivity index (χ2v) is 2.68. The minimum Gasteiger partial charge on any atom is -0.829 e. The molecule has 3 nitrogen and oxygen atoms in total. The second-order valence-electron chi connectivity index (χ2n) is 0.447. The van der Waals surface area contributed by atoms with Crippen molar-refractivity contribution in [2.24, 2.45) is 0 Å². The molecule has 0 saturated carbocycles. The van der Waals surface area contributed by atoms with Gasteiger partial charge in [0.15, 0.2) is 0 Å². The van der Waals surface area contributed by atoms with Crippen LogP contribution in [0, 0.1) is 0 Å². The van der Waals surface area contributed by atoms with Crippen molar-refractivity contribution in [1.82, 2.24) is 0 Å². The van der Waals surface area contributed by atoms with Crippen LogP contribution in [0.2, 0.25) is 0 Å². The second kappa shape index (κ2) is 5.75. The first-order valence-corrected chi connectivity index (χ1v) is 3.29. The number of hydrogen-bond acceptors (Lipinski definition) is 4. The van der Waals surface area contributed by atoms with Gasteiger partial charge in [-0.1, -0.05) is 0 Å². The molecule has 0 aromatic heterocycles. The Bertz CT molecular complexity index is 61.1. The molecule has 0 rings (SSSR count). The third-order valence-electron chi connectivity index (χ3n) is 0. The van der Waals surface area contributed by atoms with Crippen LogP contribution in [0.15, 0.2) is 0 Å². The van der Waals surface area contributed by atoms with E-state index in [1.54, 1.807) is 0 Å². The minimum absolute atomic E-state index is 0. The Kier molecular flexibility index (Phi) is 13.0. The Morgan fingerprint density at radius 3 is 1.43 bits per heavy atom. The van der Waals surface area contributed by atoms with Crippen molar-refractivity contribution in [3.05, 3.63) is 0 Å². The van der Waals surface area contributed by atoms with Gasteiger partial charge in [0.2, 0.25) is 0 Å². The van der Waals surface area contributed by atoms with Crippen LogP contribution in [0.25, 0.3) is 0 Å². The summed E-state index contributed by atoms with van der Waals surface area (Å²) in [6.45, 7) is -4.56. The Labute approximate surface area is 69.2 Å². The van der Waals surface area contributed by atoms with E-state index < -0.39 is 6.80 Å². The van der Waals surface area contributed by atoms with Crippen LogP contribution in [0.4, 0.5) is 0 Å². The fourth-order valence-corrected chi connectivity index (χ4v) is 0. The summed E-state index contributed by atoms with van der Waals surface area (Å²) < 4.78 is 8.92. The van der Waals surface area contributed by atoms with E-state index in [4.69, 9.17) is 14.4 Å². The summed E-state index contributed by atoms with van der Waals surface area (Å²) in [5.74, 6) is 0. The molecule has 0 heterocycles. The van der Waals surface area contributed by atoms with Crippen molar-refractivity contribution in [3.63, 3.8) is 0 Å². The first-order chi connectivity index (χ1) is 2.00. The Morgan fingerprint density at radius 2 is 1.43 bits per heavy atom. The molecular formula is FeLiO3PS. The maximum absolute atomic E-state index is 8.92. The van der Waals surface area contributed by atoms with E-state index in [1.807, 2.05) is 0 Å². The molecule has 0 atom stereocenters. The average molecular weight is 174 g/mol. The van der Waals surface area contributed by atoms with E-state index in [0.717, 1.165) is 0 Å². The normalized spacial score (nSPS) is 8.43. The first-order valence-electron chi connectivity index (χ1n) is 0.730. The van der Waals surface area contributed by atoms with Gasteiger partial charge in [0.05, 0.1) is 0 Å². The fraction of sp³-hybridized carbons (Fsp3) is 0. The summed E-state index contributed by atoms with van der Waals surface area (Å²) >= 11 is 3.27. The zero-order valence-electron chi connectivity index (χ0n) is 3.43. The molecule has 0 spiro atoms. The Balaban J connectivity index is -0.0000000800. The fourth-order valence-electron chi connectivity index (χ4n) is 0. The molecule has 38 valence electrons. The SMILES string of the molecule is O=P([O-])([O-])[S-].[Fe+2].[Li+].